The fourth-order valence-corrected chi connectivity index (χ4v) is 9.27. The molecular formula is C55H58B3N5O4. The molecule has 0 radical (unpaired) electrons. The van der Waals surface area contributed by atoms with E-state index < -0.39 is 21.4 Å². The van der Waals surface area contributed by atoms with E-state index in [1.807, 2.05) is 18.6 Å². The average molecular weight is 886 g/mol. The second-order valence-electron chi connectivity index (χ2n) is 21.1. The molecule has 9 nitrogen and oxygen atoms in total. The largest absolute Gasteiger partial charge is 0.468 e. The van der Waals surface area contributed by atoms with E-state index in [4.69, 9.17) is 28.4 Å². The van der Waals surface area contributed by atoms with Crippen LogP contribution in [-0.4, -0.2) is 42.6 Å². The molecule has 0 amide bonds. The number of rotatable bonds is 9. The number of ether oxygens (including phenoxy) is 1. The monoisotopic (exact) mass is 885 g/mol. The van der Waals surface area contributed by atoms with Gasteiger partial charge in [0.1, 0.15) is 12.5 Å². The summed E-state index contributed by atoms with van der Waals surface area (Å²) >= 11 is 0. The molecule has 0 spiro atoms. The second-order valence-corrected chi connectivity index (χ2v) is 21.1. The van der Waals surface area contributed by atoms with Crippen molar-refractivity contribution in [3.63, 3.8) is 0 Å². The van der Waals surface area contributed by atoms with Crippen molar-refractivity contribution in [2.24, 2.45) is 0 Å². The molecule has 12 heteroatoms. The van der Waals surface area contributed by atoms with Crippen LogP contribution in [0, 0.1) is 0 Å². The minimum Gasteiger partial charge on any atom is -0.452 e. The van der Waals surface area contributed by atoms with Gasteiger partial charge in [-0.2, -0.15) is 0 Å². The fraction of sp³-hybridized carbons (Fsp3) is 0.273. The Morgan fingerprint density at radius 2 is 1.27 bits per heavy atom. The van der Waals surface area contributed by atoms with Gasteiger partial charge in [0.2, 0.25) is 0 Å². The van der Waals surface area contributed by atoms with Crippen LogP contribution in [0.1, 0.15) is 79.0 Å². The molecule has 336 valence electrons. The van der Waals surface area contributed by atoms with Gasteiger partial charge < -0.3 is 28.3 Å². The van der Waals surface area contributed by atoms with Gasteiger partial charge in [-0.15, -0.1) is 0 Å². The second kappa shape index (κ2) is 17.5. The molecule has 8 aromatic rings. The molecule has 0 unspecified atom stereocenters. The summed E-state index contributed by atoms with van der Waals surface area (Å²) < 4.78 is 28.9. The molecule has 0 saturated carbocycles. The lowest BCUT2D eigenvalue weighted by atomic mass is 9.50. The van der Waals surface area contributed by atoms with Gasteiger partial charge in [0.15, 0.2) is 0 Å². The molecule has 1 saturated heterocycles. The van der Waals surface area contributed by atoms with Gasteiger partial charge in [-0.1, -0.05) is 153 Å². The van der Waals surface area contributed by atoms with Gasteiger partial charge in [-0.3, -0.25) is 9.55 Å². The predicted molar refractivity (Wildman–Crippen MR) is 277 cm³/mol. The van der Waals surface area contributed by atoms with Crippen LogP contribution >= 0.6 is 0 Å². The van der Waals surface area contributed by atoms with Gasteiger partial charge in [-0.05, 0) is 80.8 Å². The molecule has 3 aromatic heterocycles. The lowest BCUT2D eigenvalue weighted by molar-refractivity contribution is 0.107. The average Bonchev–Trinajstić information content (AvgIpc) is 3.87. The Kier molecular flexibility index (Phi) is 11.7. The van der Waals surface area contributed by atoms with Crippen LogP contribution in [-0.2, 0) is 37.1 Å². The van der Waals surface area contributed by atoms with E-state index in [9.17, 15) is 0 Å². The molecule has 10 rings (SSSR count). The minimum atomic E-state index is -0.676. The number of para-hydroxylation sites is 4. The normalized spacial score (nSPS) is 14.7. The third kappa shape index (κ3) is 8.80. The maximum absolute atomic E-state index is 6.80. The van der Waals surface area contributed by atoms with Crippen LogP contribution < -0.4 is 15.3 Å². The van der Waals surface area contributed by atoms with Crippen molar-refractivity contribution in [2.45, 2.75) is 91.6 Å². The smallest absolute Gasteiger partial charge is 0.452 e. The van der Waals surface area contributed by atoms with Crippen molar-refractivity contribution in [1.29, 1.82) is 0 Å². The summed E-state index contributed by atoms with van der Waals surface area (Å²) in [6.07, 6.45) is 5.76. The molecule has 5 heterocycles. The number of hydrogen-bond acceptors (Lipinski definition) is 8. The summed E-state index contributed by atoms with van der Waals surface area (Å²) in [6, 6.07) is 47.3. The first-order valence-corrected chi connectivity index (χ1v) is 23.4. The third-order valence-electron chi connectivity index (χ3n) is 12.8. The number of anilines is 4. The molecule has 0 aliphatic carbocycles. The van der Waals surface area contributed by atoms with Gasteiger partial charge in [0.25, 0.3) is 0 Å². The molecule has 2 aliphatic heterocycles. The van der Waals surface area contributed by atoms with Gasteiger partial charge >= 0.3 is 21.4 Å². The van der Waals surface area contributed by atoms with Crippen LogP contribution in [0.2, 0.25) is 10.6 Å². The first-order chi connectivity index (χ1) is 32.1. The van der Waals surface area contributed by atoms with Crippen molar-refractivity contribution >= 4 is 71.4 Å². The lowest BCUT2D eigenvalue weighted by Crippen LogP contribution is -2.59. The first-order valence-electron chi connectivity index (χ1n) is 23.4. The van der Waals surface area contributed by atoms with E-state index in [-0.39, 0.29) is 16.0 Å². The molecule has 67 heavy (non-hydrogen) atoms. The summed E-state index contributed by atoms with van der Waals surface area (Å²) in [5.41, 5.74) is 12.9. The number of hydrogen-bond donors (Lipinski definition) is 0. The van der Waals surface area contributed by atoms with Crippen LogP contribution in [0.15, 0.2) is 152 Å². The highest BCUT2D eigenvalue weighted by Gasteiger charge is 2.52. The highest BCUT2D eigenvalue weighted by atomic mass is 16.7. The van der Waals surface area contributed by atoms with Gasteiger partial charge in [0, 0.05) is 34.2 Å². The summed E-state index contributed by atoms with van der Waals surface area (Å²) in [7, 11) is -1.64. The van der Waals surface area contributed by atoms with E-state index in [2.05, 4.69) is 210 Å². The van der Waals surface area contributed by atoms with E-state index >= 15 is 0 Å². The summed E-state index contributed by atoms with van der Waals surface area (Å²) in [5.74, 6) is 0.912. The van der Waals surface area contributed by atoms with Crippen molar-refractivity contribution in [3.05, 3.63) is 169 Å². The molecular weight excluding hydrogens is 827 g/mol. The Morgan fingerprint density at radius 1 is 0.597 bits per heavy atom. The molecule has 0 N–H and O–H groups in total. The zero-order chi connectivity index (χ0) is 46.7. The molecule has 5 aromatic carbocycles. The Hall–Kier alpha value is -6.17. The van der Waals surface area contributed by atoms with Crippen LogP contribution in [0.3, 0.4) is 0 Å². The SMILES string of the molecule is CC(C)(C)B1OB(c2cccc(-c3ccccc3)c2N2CN(c3cncc(COCc4ccc5c6ccccc6n(-c6cc(C(C)(C)C)ccn6)c5c4)c3)c3ccccc32)OB(C(C)(C)C)O1. The first kappa shape index (κ1) is 44.7. The Balaban J connectivity index is 0.948. The maximum atomic E-state index is 6.80. The quantitative estimate of drug-likeness (QED) is 0.133. The number of aromatic nitrogens is 3. The Bertz CT molecular complexity index is 3060. The molecule has 2 aliphatic rings. The standard InChI is InChI=1S/C55H58B3N5O4/c1-53(2,3)41-28-29-60-51(32-41)63-47-23-14-13-20-44(47)45-27-26-38(31-50(45)63)35-64-36-39-30-42(34-59-33-39)61-37-62(49-25-16-15-24-48(49)61)52-43(40-18-11-10-12-19-40)21-17-22-46(52)56-65-57(54(4,5)6)67-58(66-56)55(7,8)9/h10-34H,35-37H2,1-9H3. The van der Waals surface area contributed by atoms with Crippen LogP contribution in [0.25, 0.3) is 38.8 Å². The molecule has 0 atom stereocenters. The van der Waals surface area contributed by atoms with E-state index in [0.717, 1.165) is 67.3 Å². The number of nitrogens with zero attached hydrogens (tertiary/aromatic N) is 5. The summed E-state index contributed by atoms with van der Waals surface area (Å²) in [4.78, 5) is 14.4. The number of fused-ring (bicyclic) bond motifs is 4. The minimum absolute atomic E-state index is 0.00112. The topological polar surface area (TPSA) is 74.1 Å². The van der Waals surface area contributed by atoms with Crippen molar-refractivity contribution in [2.75, 3.05) is 16.5 Å². The highest BCUT2D eigenvalue weighted by Crippen LogP contribution is 2.47. The number of benzene rings is 5. The zero-order valence-electron chi connectivity index (χ0n) is 40.2. The molecule has 1 fully saturated rings. The van der Waals surface area contributed by atoms with Gasteiger partial charge in [0.05, 0.1) is 53.2 Å². The molecule has 0 bridgehead atoms. The lowest BCUT2D eigenvalue weighted by Gasteiger charge is -2.41. The van der Waals surface area contributed by atoms with E-state index in [1.165, 1.54) is 16.3 Å². The highest BCUT2D eigenvalue weighted by molar-refractivity contribution is 6.81. The Labute approximate surface area is 396 Å². The van der Waals surface area contributed by atoms with Crippen LogP contribution in [0.5, 0.6) is 0 Å². The Morgan fingerprint density at radius 3 is 2.00 bits per heavy atom. The van der Waals surface area contributed by atoms with Gasteiger partial charge in [-0.25, -0.2) is 4.98 Å². The number of pyridine rings is 2. The summed E-state index contributed by atoms with van der Waals surface area (Å²) in [6.45, 7) is 21.0. The predicted octanol–water partition coefficient (Wildman–Crippen LogP) is 12.8. The van der Waals surface area contributed by atoms with Crippen molar-refractivity contribution < 1.29 is 18.5 Å². The maximum Gasteiger partial charge on any atom is 0.468 e. The van der Waals surface area contributed by atoms with Crippen molar-refractivity contribution in [3.8, 4) is 16.9 Å². The van der Waals surface area contributed by atoms with Crippen molar-refractivity contribution in [1.82, 2.24) is 14.5 Å². The van der Waals surface area contributed by atoms with E-state index in [1.54, 1.807) is 0 Å². The third-order valence-corrected chi connectivity index (χ3v) is 12.8. The fourth-order valence-electron chi connectivity index (χ4n) is 9.27. The van der Waals surface area contributed by atoms with E-state index in [0.29, 0.717) is 19.9 Å². The zero-order valence-corrected chi connectivity index (χ0v) is 40.2. The van der Waals surface area contributed by atoms with Crippen LogP contribution in [0.4, 0.5) is 22.7 Å². The summed E-state index contributed by atoms with van der Waals surface area (Å²) in [5, 5.41) is 1.82.